The van der Waals surface area contributed by atoms with Crippen molar-refractivity contribution in [2.24, 2.45) is 11.8 Å². The Balaban J connectivity index is 4.46. The second-order valence-corrected chi connectivity index (χ2v) is 4.49. The average Bonchev–Trinajstić information content (AvgIpc) is 1.90. The van der Waals surface area contributed by atoms with Crippen molar-refractivity contribution in [1.29, 1.82) is 0 Å². The Morgan fingerprint density at radius 1 is 1.09 bits per heavy atom. The largest absolute Gasteiger partial charge is 0.367 e. The third-order valence-electron chi connectivity index (χ3n) is 2.25. The Morgan fingerprint density at radius 2 is 1.45 bits per heavy atom. The summed E-state index contributed by atoms with van der Waals surface area (Å²) in [7, 11) is 1.80. The lowest BCUT2D eigenvalue weighted by atomic mass is 9.95. The quantitative estimate of drug-likeness (QED) is 0.609. The molecule has 0 fully saturated rings. The van der Waals surface area contributed by atoms with Gasteiger partial charge in [-0.1, -0.05) is 27.7 Å². The maximum Gasteiger partial charge on any atom is 0.117 e. The molecule has 68 valence electrons. The van der Waals surface area contributed by atoms with Crippen LogP contribution in [0.25, 0.3) is 0 Å². The maximum absolute atomic E-state index is 5.57. The Kier molecular flexibility index (Phi) is 4.49. The molecular weight excluding hydrogens is 156 g/mol. The predicted molar refractivity (Wildman–Crippen MR) is 52.9 cm³/mol. The first-order chi connectivity index (χ1) is 5.01. The molecule has 0 spiro atoms. The van der Waals surface area contributed by atoms with E-state index in [1.165, 1.54) is 0 Å². The molecule has 0 aliphatic heterocycles. The molecule has 11 heavy (non-hydrogen) atoms. The minimum absolute atomic E-state index is 0. The molecule has 0 amide bonds. The molecule has 0 bridgehead atoms. The van der Waals surface area contributed by atoms with E-state index in [4.69, 9.17) is 4.74 Å². The summed E-state index contributed by atoms with van der Waals surface area (Å²) in [5, 5.41) is 0. The van der Waals surface area contributed by atoms with Crippen molar-refractivity contribution in [3.63, 3.8) is 0 Å². The standard InChI is InChI=1S/C9H20OS/c1-7(2)9(10-5,11-6)8(3)4/h7-8H,1-6H3. The second-order valence-electron chi connectivity index (χ2n) is 3.44. The van der Waals surface area contributed by atoms with E-state index in [-0.39, 0.29) is 4.93 Å². The molecule has 0 atom stereocenters. The summed E-state index contributed by atoms with van der Waals surface area (Å²) in [5.41, 5.74) is 0. The summed E-state index contributed by atoms with van der Waals surface area (Å²) in [6.45, 7) is 8.83. The van der Waals surface area contributed by atoms with Crippen molar-refractivity contribution in [3.05, 3.63) is 0 Å². The van der Waals surface area contributed by atoms with Crippen LogP contribution in [0.3, 0.4) is 0 Å². The molecule has 0 saturated heterocycles. The fraction of sp³-hybridized carbons (Fsp3) is 1.00. The molecule has 0 saturated carbocycles. The van der Waals surface area contributed by atoms with Crippen molar-refractivity contribution < 1.29 is 4.74 Å². The van der Waals surface area contributed by atoms with Crippen LogP contribution in [0.2, 0.25) is 0 Å². The Labute approximate surface area is 74.9 Å². The lowest BCUT2D eigenvalue weighted by molar-refractivity contribution is -0.00310. The lowest BCUT2D eigenvalue weighted by Gasteiger charge is -2.38. The van der Waals surface area contributed by atoms with E-state index < -0.39 is 0 Å². The molecule has 0 aliphatic carbocycles. The van der Waals surface area contributed by atoms with Gasteiger partial charge in [0.25, 0.3) is 0 Å². The topological polar surface area (TPSA) is 9.23 Å². The van der Waals surface area contributed by atoms with Crippen LogP contribution in [0.15, 0.2) is 0 Å². The van der Waals surface area contributed by atoms with Crippen molar-refractivity contribution >= 4 is 11.8 Å². The van der Waals surface area contributed by atoms with Crippen LogP contribution < -0.4 is 0 Å². The van der Waals surface area contributed by atoms with Gasteiger partial charge in [0.05, 0.1) is 0 Å². The number of thioether (sulfide) groups is 1. The number of methoxy groups -OCH3 is 1. The predicted octanol–water partition coefficient (Wildman–Crippen LogP) is 3.00. The van der Waals surface area contributed by atoms with Gasteiger partial charge in [0, 0.05) is 7.11 Å². The molecule has 1 nitrogen and oxygen atoms in total. The van der Waals surface area contributed by atoms with Crippen LogP contribution >= 0.6 is 11.8 Å². The summed E-state index contributed by atoms with van der Waals surface area (Å²) in [6, 6.07) is 0. The van der Waals surface area contributed by atoms with Crippen LogP contribution in [0.4, 0.5) is 0 Å². The van der Waals surface area contributed by atoms with Gasteiger partial charge >= 0.3 is 0 Å². The maximum atomic E-state index is 5.57. The summed E-state index contributed by atoms with van der Waals surface area (Å²) >= 11 is 1.81. The van der Waals surface area contributed by atoms with E-state index in [2.05, 4.69) is 34.0 Å². The zero-order chi connectivity index (χ0) is 9.07. The molecular formula is C9H20OS. The van der Waals surface area contributed by atoms with E-state index in [1.807, 2.05) is 11.8 Å². The van der Waals surface area contributed by atoms with Gasteiger partial charge in [0.1, 0.15) is 4.93 Å². The molecule has 0 unspecified atom stereocenters. The molecule has 0 N–H and O–H groups in total. The third-order valence-corrected chi connectivity index (χ3v) is 4.00. The minimum atomic E-state index is 0. The van der Waals surface area contributed by atoms with Crippen LogP contribution in [-0.4, -0.2) is 18.3 Å². The van der Waals surface area contributed by atoms with Gasteiger partial charge in [0.2, 0.25) is 0 Å². The smallest absolute Gasteiger partial charge is 0.117 e. The van der Waals surface area contributed by atoms with Gasteiger partial charge in [-0.2, -0.15) is 0 Å². The van der Waals surface area contributed by atoms with Crippen molar-refractivity contribution in [2.45, 2.75) is 32.6 Å². The third kappa shape index (κ3) is 2.12. The van der Waals surface area contributed by atoms with E-state index in [0.29, 0.717) is 11.8 Å². The average molecular weight is 176 g/mol. The summed E-state index contributed by atoms with van der Waals surface area (Å²) < 4.78 is 5.57. The monoisotopic (exact) mass is 176 g/mol. The van der Waals surface area contributed by atoms with Crippen molar-refractivity contribution in [2.75, 3.05) is 13.4 Å². The summed E-state index contributed by atoms with van der Waals surface area (Å²) in [6.07, 6.45) is 2.11. The normalized spacial score (nSPS) is 13.1. The Morgan fingerprint density at radius 3 is 1.45 bits per heavy atom. The van der Waals surface area contributed by atoms with Gasteiger partial charge in [-0.05, 0) is 18.1 Å². The fourth-order valence-electron chi connectivity index (χ4n) is 1.69. The SMILES string of the molecule is COC(SC)(C(C)C)C(C)C. The minimum Gasteiger partial charge on any atom is -0.367 e. The summed E-state index contributed by atoms with van der Waals surface area (Å²) in [4.78, 5) is 0. The van der Waals surface area contributed by atoms with Gasteiger partial charge in [-0.25, -0.2) is 0 Å². The first kappa shape index (κ1) is 11.3. The molecule has 2 heteroatoms. The lowest BCUT2D eigenvalue weighted by Crippen LogP contribution is -2.38. The molecule has 0 rings (SSSR count). The molecule has 0 heterocycles. The zero-order valence-electron chi connectivity index (χ0n) is 8.47. The first-order valence-electron chi connectivity index (χ1n) is 4.11. The number of ether oxygens (including phenoxy) is 1. The molecule has 0 aromatic carbocycles. The Hall–Kier alpha value is 0.310. The molecule has 0 aromatic heterocycles. The van der Waals surface area contributed by atoms with Crippen LogP contribution in [0.5, 0.6) is 0 Å². The first-order valence-corrected chi connectivity index (χ1v) is 5.34. The highest BCUT2D eigenvalue weighted by atomic mass is 32.2. The van der Waals surface area contributed by atoms with E-state index in [1.54, 1.807) is 7.11 Å². The Bertz CT molecular complexity index is 96.1. The zero-order valence-corrected chi connectivity index (χ0v) is 9.29. The van der Waals surface area contributed by atoms with Gasteiger partial charge in [0.15, 0.2) is 0 Å². The van der Waals surface area contributed by atoms with Gasteiger partial charge < -0.3 is 4.74 Å². The number of hydrogen-bond donors (Lipinski definition) is 0. The van der Waals surface area contributed by atoms with Crippen LogP contribution in [-0.2, 0) is 4.74 Å². The molecule has 0 aliphatic rings. The summed E-state index contributed by atoms with van der Waals surface area (Å²) in [5.74, 6) is 1.12. The molecule has 0 aromatic rings. The number of hydrogen-bond acceptors (Lipinski definition) is 2. The van der Waals surface area contributed by atoms with Crippen molar-refractivity contribution in [1.82, 2.24) is 0 Å². The highest BCUT2D eigenvalue weighted by Crippen LogP contribution is 2.38. The van der Waals surface area contributed by atoms with Crippen molar-refractivity contribution in [3.8, 4) is 0 Å². The van der Waals surface area contributed by atoms with E-state index in [0.717, 1.165) is 0 Å². The van der Waals surface area contributed by atoms with Crippen LogP contribution in [0, 0.1) is 11.8 Å². The number of rotatable bonds is 4. The second kappa shape index (κ2) is 4.36. The highest BCUT2D eigenvalue weighted by Gasteiger charge is 2.35. The fourth-order valence-corrected chi connectivity index (χ4v) is 2.80. The van der Waals surface area contributed by atoms with E-state index in [9.17, 15) is 0 Å². The molecule has 0 radical (unpaired) electrons. The van der Waals surface area contributed by atoms with Crippen LogP contribution in [0.1, 0.15) is 27.7 Å². The van der Waals surface area contributed by atoms with Gasteiger partial charge in [-0.3, -0.25) is 0 Å². The van der Waals surface area contributed by atoms with E-state index >= 15 is 0 Å². The van der Waals surface area contributed by atoms with Gasteiger partial charge in [-0.15, -0.1) is 11.8 Å². The highest BCUT2D eigenvalue weighted by molar-refractivity contribution is 7.99.